The third kappa shape index (κ3) is 2.63. The van der Waals surface area contributed by atoms with Crippen LogP contribution >= 0.6 is 11.6 Å². The van der Waals surface area contributed by atoms with Gasteiger partial charge in [0.05, 0.1) is 24.3 Å². The van der Waals surface area contributed by atoms with Crippen molar-refractivity contribution in [2.45, 2.75) is 13.8 Å². The van der Waals surface area contributed by atoms with Gasteiger partial charge in [0.2, 0.25) is 0 Å². The fourth-order valence-electron chi connectivity index (χ4n) is 1.32. The molecule has 0 amide bonds. The number of hydrogen-bond acceptors (Lipinski definition) is 3. The van der Waals surface area contributed by atoms with E-state index in [1.807, 2.05) is 6.92 Å². The topological polar surface area (TPSA) is 35.5 Å². The van der Waals surface area contributed by atoms with Gasteiger partial charge < -0.3 is 9.47 Å². The molecule has 0 fully saturated rings. The average Bonchev–Trinajstić information content (AvgIpc) is 2.17. The lowest BCUT2D eigenvalue weighted by atomic mass is 10.1. The summed E-state index contributed by atoms with van der Waals surface area (Å²) in [4.78, 5) is 11.4. The first-order valence-corrected chi connectivity index (χ1v) is 4.99. The van der Waals surface area contributed by atoms with Crippen molar-refractivity contribution in [3.8, 4) is 5.75 Å². The number of hydrogen-bond donors (Lipinski definition) is 0. The number of methoxy groups -OCH3 is 1. The Bertz CT molecular complexity index is 351. The normalized spacial score (nSPS) is 9.87. The molecule has 0 aliphatic heterocycles. The number of carbonyl (C=O) groups excluding carboxylic acids is 1. The second-order valence-corrected chi connectivity index (χ2v) is 3.44. The Balaban J connectivity index is 3.08. The van der Waals surface area contributed by atoms with Crippen LogP contribution in [0.4, 0.5) is 0 Å². The molecule has 4 heteroatoms. The van der Waals surface area contributed by atoms with E-state index in [2.05, 4.69) is 0 Å². The van der Waals surface area contributed by atoms with Crippen molar-refractivity contribution in [2.75, 3.05) is 13.7 Å². The van der Waals surface area contributed by atoms with Crippen molar-refractivity contribution in [1.29, 1.82) is 0 Å². The van der Waals surface area contributed by atoms with Crippen LogP contribution in [-0.2, 0) is 4.74 Å². The van der Waals surface area contributed by atoms with Crippen LogP contribution in [0, 0.1) is 6.92 Å². The first kappa shape index (κ1) is 11.9. The van der Waals surface area contributed by atoms with E-state index in [1.165, 1.54) is 7.11 Å². The maximum Gasteiger partial charge on any atom is 0.338 e. The smallest absolute Gasteiger partial charge is 0.338 e. The van der Waals surface area contributed by atoms with Crippen molar-refractivity contribution < 1.29 is 14.3 Å². The second-order valence-electron chi connectivity index (χ2n) is 3.03. The number of esters is 1. The molecule has 0 radical (unpaired) electrons. The van der Waals surface area contributed by atoms with Gasteiger partial charge in [-0.05, 0) is 31.5 Å². The van der Waals surface area contributed by atoms with Crippen LogP contribution in [0.1, 0.15) is 22.8 Å². The first-order valence-electron chi connectivity index (χ1n) is 4.61. The van der Waals surface area contributed by atoms with Gasteiger partial charge in [-0.3, -0.25) is 0 Å². The number of benzene rings is 1. The molecule has 1 rings (SSSR count). The van der Waals surface area contributed by atoms with Crippen LogP contribution in [0.15, 0.2) is 12.1 Å². The second kappa shape index (κ2) is 5.03. The van der Waals surface area contributed by atoms with Crippen molar-refractivity contribution in [1.82, 2.24) is 0 Å². The number of rotatable bonds is 3. The molecular weight excluding hydrogens is 216 g/mol. The summed E-state index contributed by atoms with van der Waals surface area (Å²) in [6.07, 6.45) is 0. The number of aryl methyl sites for hydroxylation is 1. The summed E-state index contributed by atoms with van der Waals surface area (Å²) >= 11 is 5.95. The lowest BCUT2D eigenvalue weighted by Gasteiger charge is -2.09. The maximum atomic E-state index is 11.4. The molecule has 0 heterocycles. The molecule has 0 unspecified atom stereocenters. The van der Waals surface area contributed by atoms with Crippen molar-refractivity contribution in [3.05, 3.63) is 28.3 Å². The van der Waals surface area contributed by atoms with Gasteiger partial charge >= 0.3 is 5.97 Å². The highest BCUT2D eigenvalue weighted by molar-refractivity contribution is 6.32. The van der Waals surface area contributed by atoms with Gasteiger partial charge in [0.15, 0.2) is 0 Å². The van der Waals surface area contributed by atoms with Crippen LogP contribution in [-0.4, -0.2) is 19.7 Å². The van der Waals surface area contributed by atoms with Crippen LogP contribution in [0.2, 0.25) is 5.02 Å². The zero-order valence-corrected chi connectivity index (χ0v) is 9.72. The highest BCUT2D eigenvalue weighted by atomic mass is 35.5. The highest BCUT2D eigenvalue weighted by Gasteiger charge is 2.12. The Morgan fingerprint density at radius 2 is 2.13 bits per heavy atom. The summed E-state index contributed by atoms with van der Waals surface area (Å²) in [5.74, 6) is 0.217. The molecule has 0 N–H and O–H groups in total. The van der Waals surface area contributed by atoms with E-state index in [1.54, 1.807) is 19.1 Å². The first-order chi connectivity index (χ1) is 7.10. The van der Waals surface area contributed by atoms with Gasteiger partial charge in [-0.25, -0.2) is 4.79 Å². The fraction of sp³-hybridized carbons (Fsp3) is 0.364. The lowest BCUT2D eigenvalue weighted by Crippen LogP contribution is -2.05. The average molecular weight is 229 g/mol. The van der Waals surface area contributed by atoms with Crippen molar-refractivity contribution in [2.24, 2.45) is 0 Å². The van der Waals surface area contributed by atoms with Crippen molar-refractivity contribution in [3.63, 3.8) is 0 Å². The van der Waals surface area contributed by atoms with Crippen LogP contribution in [0.3, 0.4) is 0 Å². The van der Waals surface area contributed by atoms with Gasteiger partial charge in [-0.15, -0.1) is 0 Å². The maximum absolute atomic E-state index is 11.4. The minimum absolute atomic E-state index is 0.349. The molecule has 0 atom stereocenters. The number of carbonyl (C=O) groups is 1. The molecule has 0 saturated heterocycles. The Morgan fingerprint density at radius 1 is 1.47 bits per heavy atom. The minimum atomic E-state index is -0.370. The summed E-state index contributed by atoms with van der Waals surface area (Å²) < 4.78 is 9.96. The summed E-state index contributed by atoms with van der Waals surface area (Å²) in [5.41, 5.74) is 1.26. The van der Waals surface area contributed by atoms with Crippen molar-refractivity contribution >= 4 is 17.6 Å². The van der Waals surface area contributed by atoms with E-state index in [-0.39, 0.29) is 5.97 Å². The molecular formula is C11H13ClO3. The Hall–Kier alpha value is -1.22. The molecule has 82 valence electrons. The zero-order valence-electron chi connectivity index (χ0n) is 8.96. The molecule has 0 bridgehead atoms. The van der Waals surface area contributed by atoms with Crippen LogP contribution < -0.4 is 4.74 Å². The van der Waals surface area contributed by atoms with E-state index < -0.39 is 0 Å². The summed E-state index contributed by atoms with van der Waals surface area (Å²) in [6.45, 7) is 3.94. The van der Waals surface area contributed by atoms with E-state index >= 15 is 0 Å². The van der Waals surface area contributed by atoms with E-state index in [4.69, 9.17) is 21.1 Å². The van der Waals surface area contributed by atoms with E-state index in [0.717, 1.165) is 5.56 Å². The van der Waals surface area contributed by atoms with Gasteiger partial charge in [0.1, 0.15) is 5.75 Å². The number of ether oxygens (including phenoxy) is 2. The van der Waals surface area contributed by atoms with Gasteiger partial charge in [0, 0.05) is 0 Å². The molecule has 0 aliphatic carbocycles. The van der Waals surface area contributed by atoms with Gasteiger partial charge in [0.25, 0.3) is 0 Å². The zero-order chi connectivity index (χ0) is 11.4. The largest absolute Gasteiger partial charge is 0.495 e. The third-order valence-corrected chi connectivity index (χ3v) is 2.23. The standard InChI is InChI=1S/C11H13ClO3/c1-4-15-11(13)8-5-7(2)10(14-3)9(12)6-8/h5-6H,4H2,1-3H3. The molecule has 0 spiro atoms. The molecule has 0 aliphatic rings. The Kier molecular flexibility index (Phi) is 3.97. The molecule has 3 nitrogen and oxygen atoms in total. The van der Waals surface area contributed by atoms with Crippen LogP contribution in [0.25, 0.3) is 0 Å². The minimum Gasteiger partial charge on any atom is -0.495 e. The molecule has 15 heavy (non-hydrogen) atoms. The van der Waals surface area contributed by atoms with Gasteiger partial charge in [-0.1, -0.05) is 11.6 Å². The Morgan fingerprint density at radius 3 is 2.60 bits per heavy atom. The Labute approximate surface area is 93.9 Å². The summed E-state index contributed by atoms with van der Waals surface area (Å²) in [5, 5.41) is 0.417. The summed E-state index contributed by atoms with van der Waals surface area (Å²) in [7, 11) is 1.54. The summed E-state index contributed by atoms with van der Waals surface area (Å²) in [6, 6.07) is 3.24. The SMILES string of the molecule is CCOC(=O)c1cc(C)c(OC)c(Cl)c1. The van der Waals surface area contributed by atoms with Gasteiger partial charge in [-0.2, -0.15) is 0 Å². The third-order valence-electron chi connectivity index (χ3n) is 1.94. The highest BCUT2D eigenvalue weighted by Crippen LogP contribution is 2.29. The van der Waals surface area contributed by atoms with E-state index in [9.17, 15) is 4.79 Å². The lowest BCUT2D eigenvalue weighted by molar-refractivity contribution is 0.0526. The molecule has 0 aromatic heterocycles. The monoisotopic (exact) mass is 228 g/mol. The fourth-order valence-corrected chi connectivity index (χ4v) is 1.67. The molecule has 0 saturated carbocycles. The predicted molar refractivity (Wildman–Crippen MR) is 58.7 cm³/mol. The quantitative estimate of drug-likeness (QED) is 0.747. The number of halogens is 1. The predicted octanol–water partition coefficient (Wildman–Crippen LogP) is 2.83. The van der Waals surface area contributed by atoms with Crippen LogP contribution in [0.5, 0.6) is 5.75 Å². The molecule has 1 aromatic carbocycles. The van der Waals surface area contributed by atoms with E-state index in [0.29, 0.717) is 22.9 Å². The molecule has 1 aromatic rings.